The van der Waals surface area contributed by atoms with Gasteiger partial charge in [-0.25, -0.2) is 4.39 Å². The highest BCUT2D eigenvalue weighted by molar-refractivity contribution is 5.92. The van der Waals surface area contributed by atoms with Gasteiger partial charge in [0.2, 0.25) is 0 Å². The molecule has 1 aromatic carbocycles. The molecule has 1 amide bonds. The fraction of sp³-hybridized carbons (Fsp3) is 0.429. The number of carbonyl (C=O) groups excluding carboxylic acids is 1. The predicted octanol–water partition coefficient (Wildman–Crippen LogP) is 3.12. The average molecular weight is 413 g/mol. The van der Waals surface area contributed by atoms with E-state index in [9.17, 15) is 9.18 Å². The first-order valence-corrected chi connectivity index (χ1v) is 9.91. The van der Waals surface area contributed by atoms with Gasteiger partial charge in [0.25, 0.3) is 11.8 Å². The molecule has 1 aliphatic heterocycles. The van der Waals surface area contributed by atoms with E-state index in [-0.39, 0.29) is 17.1 Å². The maximum Gasteiger partial charge on any atom is 0.274 e. The number of ether oxygens (including phenoxy) is 1. The van der Waals surface area contributed by atoms with Crippen molar-refractivity contribution in [3.63, 3.8) is 0 Å². The zero-order chi connectivity index (χ0) is 21.1. The van der Waals surface area contributed by atoms with E-state index in [2.05, 4.69) is 20.3 Å². The number of rotatable bonds is 6. The summed E-state index contributed by atoms with van der Waals surface area (Å²) < 4.78 is 24.0. The van der Waals surface area contributed by atoms with Crippen LogP contribution in [0.4, 0.5) is 4.39 Å². The van der Waals surface area contributed by atoms with Gasteiger partial charge in [-0.15, -0.1) is 0 Å². The van der Waals surface area contributed by atoms with E-state index in [1.807, 2.05) is 11.8 Å². The Morgan fingerprint density at radius 3 is 2.67 bits per heavy atom. The van der Waals surface area contributed by atoms with Crippen molar-refractivity contribution in [2.24, 2.45) is 0 Å². The number of aryl methyl sites for hydroxylation is 1. The number of amides is 1. The van der Waals surface area contributed by atoms with Crippen LogP contribution >= 0.6 is 0 Å². The SMILES string of the molecule is COCCC1(c2noc(-c3ccc(F)cc3)n2)CCN(C(=O)c2cc(C)[nH]n2)CC1. The Morgan fingerprint density at radius 1 is 1.30 bits per heavy atom. The summed E-state index contributed by atoms with van der Waals surface area (Å²) in [5.41, 5.74) is 1.59. The van der Waals surface area contributed by atoms with Gasteiger partial charge in [-0.3, -0.25) is 9.89 Å². The molecular formula is C21H24FN5O3. The van der Waals surface area contributed by atoms with Crippen LogP contribution in [0.5, 0.6) is 0 Å². The number of halogens is 1. The molecule has 0 saturated carbocycles. The van der Waals surface area contributed by atoms with Crippen LogP contribution in [0, 0.1) is 12.7 Å². The predicted molar refractivity (Wildman–Crippen MR) is 106 cm³/mol. The summed E-state index contributed by atoms with van der Waals surface area (Å²) in [6.45, 7) is 3.54. The number of nitrogens with one attached hydrogen (secondary N) is 1. The van der Waals surface area contributed by atoms with Gasteiger partial charge in [-0.1, -0.05) is 5.16 Å². The highest BCUT2D eigenvalue weighted by Gasteiger charge is 2.41. The number of piperidine rings is 1. The van der Waals surface area contributed by atoms with Crippen molar-refractivity contribution >= 4 is 5.91 Å². The summed E-state index contributed by atoms with van der Waals surface area (Å²) >= 11 is 0. The van der Waals surface area contributed by atoms with Crippen LogP contribution in [0.2, 0.25) is 0 Å². The molecule has 1 fully saturated rings. The van der Waals surface area contributed by atoms with Crippen LogP contribution in [-0.2, 0) is 10.2 Å². The molecule has 3 aromatic rings. The zero-order valence-electron chi connectivity index (χ0n) is 17.0. The molecule has 1 saturated heterocycles. The fourth-order valence-electron chi connectivity index (χ4n) is 3.86. The van der Waals surface area contributed by atoms with Gasteiger partial charge >= 0.3 is 0 Å². The fourth-order valence-corrected chi connectivity index (χ4v) is 3.86. The number of hydrogen-bond donors (Lipinski definition) is 1. The van der Waals surface area contributed by atoms with Gasteiger partial charge in [0, 0.05) is 43.5 Å². The number of aromatic amines is 1. The summed E-state index contributed by atoms with van der Waals surface area (Å²) in [4.78, 5) is 19.2. The molecule has 0 aliphatic carbocycles. The van der Waals surface area contributed by atoms with Gasteiger partial charge in [0.15, 0.2) is 5.82 Å². The minimum atomic E-state index is -0.351. The molecule has 0 spiro atoms. The zero-order valence-corrected chi connectivity index (χ0v) is 17.0. The first-order chi connectivity index (χ1) is 14.5. The Hall–Kier alpha value is -3.07. The molecule has 158 valence electrons. The monoisotopic (exact) mass is 413 g/mol. The third kappa shape index (κ3) is 3.97. The Morgan fingerprint density at radius 2 is 2.03 bits per heavy atom. The number of H-pyrrole nitrogens is 1. The average Bonchev–Trinajstić information content (AvgIpc) is 3.43. The quantitative estimate of drug-likeness (QED) is 0.667. The Balaban J connectivity index is 1.53. The first-order valence-electron chi connectivity index (χ1n) is 9.91. The van der Waals surface area contributed by atoms with E-state index in [4.69, 9.17) is 9.26 Å². The minimum absolute atomic E-state index is 0.0835. The van der Waals surface area contributed by atoms with E-state index >= 15 is 0 Å². The second-order valence-corrected chi connectivity index (χ2v) is 7.68. The largest absolute Gasteiger partial charge is 0.385 e. The molecule has 1 aliphatic rings. The van der Waals surface area contributed by atoms with Crippen molar-refractivity contribution < 1.29 is 18.4 Å². The minimum Gasteiger partial charge on any atom is -0.385 e. The van der Waals surface area contributed by atoms with Crippen molar-refractivity contribution in [2.75, 3.05) is 26.8 Å². The third-order valence-electron chi connectivity index (χ3n) is 5.71. The van der Waals surface area contributed by atoms with Crippen molar-refractivity contribution in [2.45, 2.75) is 31.6 Å². The molecule has 4 rings (SSSR count). The lowest BCUT2D eigenvalue weighted by Crippen LogP contribution is -2.46. The molecule has 2 aromatic heterocycles. The summed E-state index contributed by atoms with van der Waals surface area (Å²) in [6.07, 6.45) is 2.09. The van der Waals surface area contributed by atoms with E-state index in [0.29, 0.717) is 55.5 Å². The van der Waals surface area contributed by atoms with Crippen molar-refractivity contribution in [3.8, 4) is 11.5 Å². The van der Waals surface area contributed by atoms with Crippen LogP contribution in [0.1, 0.15) is 41.3 Å². The van der Waals surface area contributed by atoms with E-state index in [1.54, 1.807) is 25.3 Å². The number of methoxy groups -OCH3 is 1. The Bertz CT molecular complexity index is 1010. The molecule has 0 radical (unpaired) electrons. The van der Waals surface area contributed by atoms with Crippen LogP contribution in [0.15, 0.2) is 34.9 Å². The Labute approximate surface area is 173 Å². The summed E-state index contributed by atoms with van der Waals surface area (Å²) in [6, 6.07) is 7.70. The highest BCUT2D eigenvalue weighted by atomic mass is 19.1. The van der Waals surface area contributed by atoms with Crippen LogP contribution in [-0.4, -0.2) is 58.0 Å². The van der Waals surface area contributed by atoms with Gasteiger partial charge < -0.3 is 14.2 Å². The van der Waals surface area contributed by atoms with Gasteiger partial charge in [0.05, 0.1) is 0 Å². The lowest BCUT2D eigenvalue weighted by Gasteiger charge is -2.39. The van der Waals surface area contributed by atoms with Gasteiger partial charge in [0.1, 0.15) is 11.5 Å². The Kier molecular flexibility index (Phi) is 5.63. The van der Waals surface area contributed by atoms with Crippen molar-refractivity contribution in [1.29, 1.82) is 0 Å². The standard InChI is InChI=1S/C21H24FN5O3/c1-14-13-17(25-24-14)19(28)27-10-7-21(8-11-27,9-12-29-2)20-23-18(30-26-20)15-3-5-16(22)6-4-15/h3-6,13H,7-12H2,1-2H3,(H,24,25). The molecular weight excluding hydrogens is 389 g/mol. The molecule has 3 heterocycles. The molecule has 1 N–H and O–H groups in total. The number of carbonyl (C=O) groups is 1. The molecule has 30 heavy (non-hydrogen) atoms. The van der Waals surface area contributed by atoms with Gasteiger partial charge in [-0.05, 0) is 56.5 Å². The lowest BCUT2D eigenvalue weighted by atomic mass is 9.75. The summed E-state index contributed by atoms with van der Waals surface area (Å²) in [5, 5.41) is 11.1. The van der Waals surface area contributed by atoms with Gasteiger partial charge in [-0.2, -0.15) is 10.1 Å². The number of benzene rings is 1. The third-order valence-corrected chi connectivity index (χ3v) is 5.71. The summed E-state index contributed by atoms with van der Waals surface area (Å²) in [7, 11) is 1.66. The maximum absolute atomic E-state index is 13.2. The van der Waals surface area contributed by atoms with Crippen LogP contribution in [0.3, 0.4) is 0 Å². The highest BCUT2D eigenvalue weighted by Crippen LogP contribution is 2.38. The van der Waals surface area contributed by atoms with Crippen molar-refractivity contribution in [1.82, 2.24) is 25.2 Å². The van der Waals surface area contributed by atoms with E-state index in [1.165, 1.54) is 12.1 Å². The van der Waals surface area contributed by atoms with E-state index in [0.717, 1.165) is 12.1 Å². The summed E-state index contributed by atoms with van der Waals surface area (Å²) in [5.74, 6) is 0.549. The number of likely N-dealkylation sites (tertiary alicyclic amines) is 1. The molecule has 0 atom stereocenters. The van der Waals surface area contributed by atoms with Crippen LogP contribution < -0.4 is 0 Å². The normalized spacial score (nSPS) is 16.0. The number of aromatic nitrogens is 4. The molecule has 0 unspecified atom stereocenters. The second kappa shape index (κ2) is 8.35. The second-order valence-electron chi connectivity index (χ2n) is 7.68. The van der Waals surface area contributed by atoms with Crippen molar-refractivity contribution in [3.05, 3.63) is 53.4 Å². The molecule has 8 nitrogen and oxygen atoms in total. The van der Waals surface area contributed by atoms with E-state index < -0.39 is 0 Å². The number of nitrogens with zero attached hydrogens (tertiary/aromatic N) is 4. The number of hydrogen-bond acceptors (Lipinski definition) is 6. The molecule has 9 heteroatoms. The maximum atomic E-state index is 13.2. The molecule has 0 bridgehead atoms. The van der Waals surface area contributed by atoms with Crippen LogP contribution in [0.25, 0.3) is 11.5 Å². The first kappa shape index (κ1) is 20.2. The lowest BCUT2D eigenvalue weighted by molar-refractivity contribution is 0.0610. The topological polar surface area (TPSA) is 97.1 Å². The smallest absolute Gasteiger partial charge is 0.274 e.